The van der Waals surface area contributed by atoms with Gasteiger partial charge >= 0.3 is 0 Å². The molecular formula is C23H21N5O6. The molecule has 0 aliphatic rings. The van der Waals surface area contributed by atoms with Gasteiger partial charge in [-0.05, 0) is 48.4 Å². The summed E-state index contributed by atoms with van der Waals surface area (Å²) in [7, 11) is 1.44. The van der Waals surface area contributed by atoms with Crippen LogP contribution in [-0.4, -0.2) is 41.7 Å². The number of carbonyl (C=O) groups excluding carboxylic acids is 2. The first-order chi connectivity index (χ1) is 16.4. The molecule has 0 aliphatic heterocycles. The second-order valence-corrected chi connectivity index (χ2v) is 6.94. The Labute approximate surface area is 194 Å². The number of nitrogens with zero attached hydrogens (tertiary/aromatic N) is 3. The van der Waals surface area contributed by atoms with Crippen molar-refractivity contribution in [2.24, 2.45) is 5.10 Å². The minimum atomic E-state index is -0.536. The Hall–Kier alpha value is -4.80. The molecule has 0 saturated heterocycles. The Morgan fingerprint density at radius 1 is 1.18 bits per heavy atom. The second-order valence-electron chi connectivity index (χ2n) is 6.94. The lowest BCUT2D eigenvalue weighted by Crippen LogP contribution is -2.21. The maximum atomic E-state index is 12.3. The number of nitro benzene ring substituents is 1. The van der Waals surface area contributed by atoms with Crippen molar-refractivity contribution in [1.82, 2.24) is 10.4 Å². The quantitative estimate of drug-likeness (QED) is 0.282. The highest BCUT2D eigenvalue weighted by molar-refractivity contribution is 5.94. The van der Waals surface area contributed by atoms with Gasteiger partial charge in [0.05, 0.1) is 29.5 Å². The summed E-state index contributed by atoms with van der Waals surface area (Å²) in [5, 5.41) is 17.5. The van der Waals surface area contributed by atoms with Crippen LogP contribution in [0.2, 0.25) is 0 Å². The number of aromatic nitrogens is 1. The SMILES string of the molecule is COc1cc(/C=N\NC(=O)c2cccnc2)ccc1OCC(=O)Nc1cc([N+](=O)[O-])ccc1C. The zero-order valence-corrected chi connectivity index (χ0v) is 18.3. The van der Waals surface area contributed by atoms with E-state index in [1.165, 1.54) is 31.7 Å². The van der Waals surface area contributed by atoms with Crippen molar-refractivity contribution in [3.8, 4) is 11.5 Å². The Morgan fingerprint density at radius 2 is 2.00 bits per heavy atom. The summed E-state index contributed by atoms with van der Waals surface area (Å²) >= 11 is 0. The highest BCUT2D eigenvalue weighted by Crippen LogP contribution is 2.28. The average molecular weight is 463 g/mol. The third-order valence-electron chi connectivity index (χ3n) is 4.56. The summed E-state index contributed by atoms with van der Waals surface area (Å²) in [6.07, 6.45) is 4.42. The monoisotopic (exact) mass is 463 g/mol. The average Bonchev–Trinajstić information content (AvgIpc) is 2.84. The number of amides is 2. The number of benzene rings is 2. The van der Waals surface area contributed by atoms with E-state index in [2.05, 4.69) is 20.8 Å². The van der Waals surface area contributed by atoms with Gasteiger partial charge in [-0.15, -0.1) is 0 Å². The molecule has 0 bridgehead atoms. The number of methoxy groups -OCH3 is 1. The van der Waals surface area contributed by atoms with Crippen LogP contribution in [0, 0.1) is 17.0 Å². The number of hydrazone groups is 1. The molecule has 2 amide bonds. The lowest BCUT2D eigenvalue weighted by Gasteiger charge is -2.12. The molecule has 2 aromatic carbocycles. The van der Waals surface area contributed by atoms with Crippen LogP contribution in [0.25, 0.3) is 0 Å². The topological polar surface area (TPSA) is 145 Å². The van der Waals surface area contributed by atoms with Crippen molar-refractivity contribution in [1.29, 1.82) is 0 Å². The number of ether oxygens (including phenoxy) is 2. The van der Waals surface area contributed by atoms with E-state index >= 15 is 0 Å². The molecule has 0 fully saturated rings. The van der Waals surface area contributed by atoms with Crippen molar-refractivity contribution < 1.29 is 24.0 Å². The molecule has 0 aliphatic carbocycles. The smallest absolute Gasteiger partial charge is 0.272 e. The van der Waals surface area contributed by atoms with E-state index in [0.717, 1.165) is 0 Å². The number of hydrogen-bond donors (Lipinski definition) is 2. The van der Waals surface area contributed by atoms with Gasteiger partial charge in [0, 0.05) is 24.5 Å². The molecule has 0 spiro atoms. The van der Waals surface area contributed by atoms with Crippen molar-refractivity contribution in [3.63, 3.8) is 0 Å². The first-order valence-electron chi connectivity index (χ1n) is 9.96. The first-order valence-corrected chi connectivity index (χ1v) is 9.96. The maximum Gasteiger partial charge on any atom is 0.272 e. The lowest BCUT2D eigenvalue weighted by molar-refractivity contribution is -0.384. The number of anilines is 1. The van der Waals surface area contributed by atoms with E-state index in [1.807, 2.05) is 0 Å². The van der Waals surface area contributed by atoms with Gasteiger partial charge < -0.3 is 14.8 Å². The lowest BCUT2D eigenvalue weighted by atomic mass is 10.2. The van der Waals surface area contributed by atoms with Crippen molar-refractivity contribution in [2.45, 2.75) is 6.92 Å². The predicted octanol–water partition coefficient (Wildman–Crippen LogP) is 3.09. The van der Waals surface area contributed by atoms with Crippen LogP contribution in [-0.2, 0) is 4.79 Å². The zero-order valence-electron chi connectivity index (χ0n) is 18.3. The van der Waals surface area contributed by atoms with Gasteiger partial charge in [-0.1, -0.05) is 6.07 Å². The highest BCUT2D eigenvalue weighted by Gasteiger charge is 2.13. The highest BCUT2D eigenvalue weighted by atomic mass is 16.6. The summed E-state index contributed by atoms with van der Waals surface area (Å²) in [5.74, 6) is -0.234. The van der Waals surface area contributed by atoms with Gasteiger partial charge in [-0.2, -0.15) is 5.10 Å². The standard InChI is InChI=1S/C23H21N5O6/c1-15-5-7-18(28(31)32)11-19(15)26-22(29)14-34-20-8-6-16(10-21(20)33-2)12-25-27-23(30)17-4-3-9-24-13-17/h3-13H,14H2,1-2H3,(H,26,29)(H,27,30)/b25-12-. The first kappa shape index (κ1) is 23.9. The molecule has 2 N–H and O–H groups in total. The van der Waals surface area contributed by atoms with Crippen LogP contribution in [0.5, 0.6) is 11.5 Å². The Kier molecular flexibility index (Phi) is 7.84. The second kappa shape index (κ2) is 11.2. The van der Waals surface area contributed by atoms with E-state index in [4.69, 9.17) is 9.47 Å². The largest absolute Gasteiger partial charge is 0.493 e. The maximum absolute atomic E-state index is 12.3. The summed E-state index contributed by atoms with van der Waals surface area (Å²) in [6.45, 7) is 1.38. The van der Waals surface area contributed by atoms with Gasteiger partial charge in [0.15, 0.2) is 18.1 Å². The van der Waals surface area contributed by atoms with Gasteiger partial charge in [0.25, 0.3) is 17.5 Å². The third-order valence-corrected chi connectivity index (χ3v) is 4.56. The molecule has 1 heterocycles. The third kappa shape index (κ3) is 6.36. The van der Waals surface area contributed by atoms with E-state index in [1.54, 1.807) is 49.5 Å². The van der Waals surface area contributed by atoms with Crippen LogP contribution >= 0.6 is 0 Å². The fourth-order valence-corrected chi connectivity index (χ4v) is 2.80. The molecule has 34 heavy (non-hydrogen) atoms. The number of pyridine rings is 1. The van der Waals surface area contributed by atoms with Gasteiger partial charge in [-0.25, -0.2) is 5.43 Å². The Morgan fingerprint density at radius 3 is 2.71 bits per heavy atom. The minimum absolute atomic E-state index is 0.127. The van der Waals surface area contributed by atoms with Crippen LogP contribution in [0.3, 0.4) is 0 Å². The molecule has 11 heteroatoms. The number of rotatable bonds is 9. The number of carbonyl (C=O) groups is 2. The number of nitrogens with one attached hydrogen (secondary N) is 2. The van der Waals surface area contributed by atoms with Gasteiger partial charge in [0.1, 0.15) is 0 Å². The Balaban J connectivity index is 1.59. The molecular weight excluding hydrogens is 442 g/mol. The molecule has 3 rings (SSSR count). The van der Waals surface area contributed by atoms with E-state index in [0.29, 0.717) is 33.9 Å². The number of aryl methyl sites for hydroxylation is 1. The fraction of sp³-hybridized carbons (Fsp3) is 0.130. The number of nitro groups is 1. The molecule has 11 nitrogen and oxygen atoms in total. The predicted molar refractivity (Wildman–Crippen MR) is 124 cm³/mol. The molecule has 1 aromatic heterocycles. The van der Waals surface area contributed by atoms with Crippen LogP contribution in [0.4, 0.5) is 11.4 Å². The van der Waals surface area contributed by atoms with Gasteiger partial charge in [-0.3, -0.25) is 24.7 Å². The van der Waals surface area contributed by atoms with E-state index in [9.17, 15) is 19.7 Å². The summed E-state index contributed by atoms with van der Waals surface area (Å²) in [5.41, 5.74) is 4.27. The van der Waals surface area contributed by atoms with E-state index < -0.39 is 16.7 Å². The van der Waals surface area contributed by atoms with E-state index in [-0.39, 0.29) is 12.3 Å². The number of hydrogen-bond acceptors (Lipinski definition) is 8. The van der Waals surface area contributed by atoms with Gasteiger partial charge in [0.2, 0.25) is 0 Å². The Bertz CT molecular complexity index is 1230. The summed E-state index contributed by atoms with van der Waals surface area (Å²) in [4.78, 5) is 38.6. The summed E-state index contributed by atoms with van der Waals surface area (Å²) in [6, 6.07) is 12.3. The minimum Gasteiger partial charge on any atom is -0.493 e. The molecule has 0 atom stereocenters. The van der Waals surface area contributed by atoms with Crippen molar-refractivity contribution >= 4 is 29.4 Å². The molecule has 0 unspecified atom stereocenters. The van der Waals surface area contributed by atoms with Crippen molar-refractivity contribution in [3.05, 3.63) is 87.7 Å². The zero-order chi connectivity index (χ0) is 24.5. The molecule has 174 valence electrons. The number of non-ortho nitro benzene ring substituents is 1. The van der Waals surface area contributed by atoms with Crippen molar-refractivity contribution in [2.75, 3.05) is 19.0 Å². The normalized spacial score (nSPS) is 10.5. The summed E-state index contributed by atoms with van der Waals surface area (Å²) < 4.78 is 10.8. The molecule has 3 aromatic rings. The molecule has 0 radical (unpaired) electrons. The van der Waals surface area contributed by atoms with Crippen LogP contribution in [0.1, 0.15) is 21.5 Å². The fourth-order valence-electron chi connectivity index (χ4n) is 2.80. The van der Waals surface area contributed by atoms with Crippen LogP contribution < -0.4 is 20.2 Å². The molecule has 0 saturated carbocycles. The van der Waals surface area contributed by atoms with Crippen LogP contribution in [0.15, 0.2) is 66.0 Å².